The molecular formula is C30H47NO5. The molecule has 1 aliphatic heterocycles. The van der Waals surface area contributed by atoms with Gasteiger partial charge in [0.25, 0.3) is 11.8 Å². The largest absolute Gasteiger partial charge is 0.463 e. The number of amides is 2. The van der Waals surface area contributed by atoms with E-state index in [0.717, 1.165) is 12.8 Å². The van der Waals surface area contributed by atoms with Gasteiger partial charge in [0.05, 0.1) is 30.9 Å². The van der Waals surface area contributed by atoms with Crippen molar-refractivity contribution in [2.24, 2.45) is 0 Å². The monoisotopic (exact) mass is 501 g/mol. The van der Waals surface area contributed by atoms with E-state index in [2.05, 4.69) is 6.92 Å². The molecule has 0 radical (unpaired) electrons. The number of ether oxygens (including phenoxy) is 2. The maximum Gasteiger partial charge on any atom is 0.305 e. The minimum absolute atomic E-state index is 0.186. The van der Waals surface area contributed by atoms with Gasteiger partial charge in [0, 0.05) is 6.42 Å². The summed E-state index contributed by atoms with van der Waals surface area (Å²) in [5, 5.41) is 0. The van der Waals surface area contributed by atoms with E-state index in [1.165, 1.54) is 88.4 Å². The van der Waals surface area contributed by atoms with E-state index >= 15 is 0 Å². The molecule has 0 aromatic heterocycles. The van der Waals surface area contributed by atoms with Crippen LogP contribution in [0.15, 0.2) is 24.3 Å². The number of imide groups is 1. The Morgan fingerprint density at radius 3 is 1.64 bits per heavy atom. The zero-order valence-corrected chi connectivity index (χ0v) is 22.4. The van der Waals surface area contributed by atoms with Gasteiger partial charge in [-0.25, -0.2) is 0 Å². The van der Waals surface area contributed by atoms with Crippen molar-refractivity contribution in [3.63, 3.8) is 0 Å². The molecule has 6 heteroatoms. The van der Waals surface area contributed by atoms with Crippen molar-refractivity contribution in [2.45, 2.75) is 110 Å². The quantitative estimate of drug-likeness (QED) is 0.0962. The highest BCUT2D eigenvalue weighted by molar-refractivity contribution is 6.21. The summed E-state index contributed by atoms with van der Waals surface area (Å²) >= 11 is 0. The first kappa shape index (κ1) is 30.0. The summed E-state index contributed by atoms with van der Waals surface area (Å²) in [6.45, 7) is 3.14. The second-order valence-corrected chi connectivity index (χ2v) is 9.84. The van der Waals surface area contributed by atoms with Crippen LogP contribution in [0.5, 0.6) is 0 Å². The second-order valence-electron chi connectivity index (χ2n) is 9.84. The van der Waals surface area contributed by atoms with Gasteiger partial charge in [-0.1, -0.05) is 109 Å². The molecule has 1 heterocycles. The first-order chi connectivity index (χ1) is 17.6. The molecule has 0 bridgehead atoms. The number of nitrogens with zero attached hydrogens (tertiary/aromatic N) is 1. The maximum atomic E-state index is 12.3. The van der Waals surface area contributed by atoms with Crippen LogP contribution in [0.4, 0.5) is 0 Å². The number of carbonyl (C=O) groups is 3. The van der Waals surface area contributed by atoms with Crippen LogP contribution in [0.2, 0.25) is 0 Å². The SMILES string of the molecule is CCCCCCCCCCCCCCCCCC(=O)OCCOCCN1C(=O)c2ccccc2C1=O. The van der Waals surface area contributed by atoms with E-state index in [9.17, 15) is 14.4 Å². The summed E-state index contributed by atoms with van der Waals surface area (Å²) in [6.07, 6.45) is 20.0. The first-order valence-corrected chi connectivity index (χ1v) is 14.3. The second kappa shape index (κ2) is 19.0. The molecule has 0 spiro atoms. The average molecular weight is 502 g/mol. The molecule has 6 nitrogen and oxygen atoms in total. The summed E-state index contributed by atoms with van der Waals surface area (Å²) in [4.78, 5) is 37.6. The summed E-state index contributed by atoms with van der Waals surface area (Å²) in [6, 6.07) is 6.82. The van der Waals surface area contributed by atoms with E-state index < -0.39 is 0 Å². The fourth-order valence-corrected chi connectivity index (χ4v) is 4.63. The minimum atomic E-state index is -0.283. The molecule has 1 aromatic rings. The van der Waals surface area contributed by atoms with E-state index in [-0.39, 0.29) is 44.1 Å². The molecule has 2 rings (SSSR count). The van der Waals surface area contributed by atoms with Crippen molar-refractivity contribution in [3.05, 3.63) is 35.4 Å². The lowest BCUT2D eigenvalue weighted by atomic mass is 10.0. The van der Waals surface area contributed by atoms with E-state index in [4.69, 9.17) is 9.47 Å². The number of hydrogen-bond donors (Lipinski definition) is 0. The molecule has 0 fully saturated rings. The van der Waals surface area contributed by atoms with Gasteiger partial charge in [0.1, 0.15) is 6.61 Å². The molecule has 1 aromatic carbocycles. The topological polar surface area (TPSA) is 72.9 Å². The summed E-state index contributed by atoms with van der Waals surface area (Å²) in [5.41, 5.74) is 0.880. The average Bonchev–Trinajstić information content (AvgIpc) is 3.13. The molecule has 0 aliphatic carbocycles. The Hall–Kier alpha value is -2.21. The zero-order chi connectivity index (χ0) is 25.8. The molecule has 0 atom stereocenters. The van der Waals surface area contributed by atoms with Crippen LogP contribution in [0.25, 0.3) is 0 Å². The number of fused-ring (bicyclic) bond motifs is 1. The highest BCUT2D eigenvalue weighted by Crippen LogP contribution is 2.22. The Labute approximate surface area is 218 Å². The molecular weight excluding hydrogens is 454 g/mol. The fraction of sp³-hybridized carbons (Fsp3) is 0.700. The number of rotatable bonds is 22. The molecule has 1 aliphatic rings. The van der Waals surface area contributed by atoms with Crippen LogP contribution in [0.3, 0.4) is 0 Å². The van der Waals surface area contributed by atoms with Crippen LogP contribution in [-0.4, -0.2) is 49.0 Å². The predicted molar refractivity (Wildman–Crippen MR) is 143 cm³/mol. The molecule has 0 unspecified atom stereocenters. The van der Waals surface area contributed by atoms with Gasteiger partial charge in [-0.05, 0) is 18.6 Å². The Morgan fingerprint density at radius 2 is 1.14 bits per heavy atom. The van der Waals surface area contributed by atoms with Gasteiger partial charge < -0.3 is 9.47 Å². The van der Waals surface area contributed by atoms with Crippen molar-refractivity contribution in [2.75, 3.05) is 26.4 Å². The van der Waals surface area contributed by atoms with E-state index in [1.54, 1.807) is 24.3 Å². The maximum absolute atomic E-state index is 12.3. The zero-order valence-electron chi connectivity index (χ0n) is 22.4. The van der Waals surface area contributed by atoms with Crippen LogP contribution < -0.4 is 0 Å². The lowest BCUT2D eigenvalue weighted by Crippen LogP contribution is -2.33. The normalized spacial score (nSPS) is 12.9. The van der Waals surface area contributed by atoms with E-state index in [0.29, 0.717) is 17.5 Å². The smallest absolute Gasteiger partial charge is 0.305 e. The highest BCUT2D eigenvalue weighted by atomic mass is 16.6. The van der Waals surface area contributed by atoms with Gasteiger partial charge in [-0.2, -0.15) is 0 Å². The first-order valence-electron chi connectivity index (χ1n) is 14.3. The number of esters is 1. The molecule has 0 saturated carbocycles. The van der Waals surface area contributed by atoms with Crippen molar-refractivity contribution in [1.82, 2.24) is 4.90 Å². The number of hydrogen-bond acceptors (Lipinski definition) is 5. The molecule has 36 heavy (non-hydrogen) atoms. The Balaban J connectivity index is 1.33. The van der Waals surface area contributed by atoms with Crippen LogP contribution in [-0.2, 0) is 14.3 Å². The van der Waals surface area contributed by atoms with Gasteiger partial charge in [-0.3, -0.25) is 19.3 Å². The summed E-state index contributed by atoms with van der Waals surface area (Å²) < 4.78 is 10.7. The van der Waals surface area contributed by atoms with Crippen molar-refractivity contribution >= 4 is 17.8 Å². The highest BCUT2D eigenvalue weighted by Gasteiger charge is 2.34. The molecule has 0 N–H and O–H groups in total. The Bertz CT molecular complexity index is 743. The van der Waals surface area contributed by atoms with Gasteiger partial charge in [0.2, 0.25) is 0 Å². The van der Waals surface area contributed by atoms with E-state index in [1.807, 2.05) is 0 Å². The third-order valence-electron chi connectivity index (χ3n) is 6.81. The standard InChI is InChI=1S/C30H47NO5/c1-2-3-4-5-6-7-8-9-10-11-12-13-14-15-16-21-28(32)36-25-24-35-23-22-31-29(33)26-19-17-18-20-27(26)30(31)34/h17-20H,2-16,21-25H2,1H3. The van der Waals surface area contributed by atoms with Crippen LogP contribution in [0, 0.1) is 0 Å². The molecule has 2 amide bonds. The lowest BCUT2D eigenvalue weighted by molar-refractivity contribution is -0.145. The Morgan fingerprint density at radius 1 is 0.667 bits per heavy atom. The van der Waals surface area contributed by atoms with Gasteiger partial charge >= 0.3 is 5.97 Å². The van der Waals surface area contributed by atoms with Crippen molar-refractivity contribution < 1.29 is 23.9 Å². The summed E-state index contributed by atoms with van der Waals surface area (Å²) in [7, 11) is 0. The van der Waals surface area contributed by atoms with Crippen LogP contribution >= 0.6 is 0 Å². The molecule has 202 valence electrons. The van der Waals surface area contributed by atoms with Crippen molar-refractivity contribution in [1.29, 1.82) is 0 Å². The molecule has 0 saturated heterocycles. The lowest BCUT2D eigenvalue weighted by Gasteiger charge is -2.13. The number of unbranched alkanes of at least 4 members (excludes halogenated alkanes) is 14. The van der Waals surface area contributed by atoms with Crippen LogP contribution in [0.1, 0.15) is 130 Å². The number of benzene rings is 1. The fourth-order valence-electron chi connectivity index (χ4n) is 4.63. The minimum Gasteiger partial charge on any atom is -0.463 e. The predicted octanol–water partition coefficient (Wildman–Crippen LogP) is 7.10. The van der Waals surface area contributed by atoms with Crippen molar-refractivity contribution in [3.8, 4) is 0 Å². The number of carbonyl (C=O) groups excluding carboxylic acids is 3. The third kappa shape index (κ3) is 11.7. The third-order valence-corrected chi connectivity index (χ3v) is 6.81. The Kier molecular flexibility index (Phi) is 15.8. The summed E-state index contributed by atoms with van der Waals surface area (Å²) in [5.74, 6) is -0.753. The van der Waals surface area contributed by atoms with Gasteiger partial charge in [0.15, 0.2) is 0 Å². The van der Waals surface area contributed by atoms with Gasteiger partial charge in [-0.15, -0.1) is 0 Å².